The quantitative estimate of drug-likeness (QED) is 0.167. The number of nitrogens with zero attached hydrogens (tertiary/aromatic N) is 3. The summed E-state index contributed by atoms with van der Waals surface area (Å²) in [5.41, 5.74) is 12.0. The van der Waals surface area contributed by atoms with Crippen LogP contribution < -0.4 is 0 Å². The molecular weight excluding hydrogens is 679 g/mol. The van der Waals surface area contributed by atoms with E-state index in [1.807, 2.05) is 6.20 Å². The minimum atomic E-state index is 0.933. The van der Waals surface area contributed by atoms with Crippen molar-refractivity contribution in [3.63, 3.8) is 0 Å². The molecule has 11 aromatic rings. The van der Waals surface area contributed by atoms with Gasteiger partial charge in [0.2, 0.25) is 0 Å². The zero-order valence-corrected chi connectivity index (χ0v) is 30.4. The van der Waals surface area contributed by atoms with E-state index in [1.54, 1.807) is 6.33 Å². The molecular formula is C53H33N3. The fraction of sp³-hybridized carbons (Fsp3) is 0. The average molecular weight is 712 g/mol. The Morgan fingerprint density at radius 2 is 0.768 bits per heavy atom. The van der Waals surface area contributed by atoms with Crippen LogP contribution >= 0.6 is 0 Å². The minimum Gasteiger partial charge on any atom is -0.248 e. The Balaban J connectivity index is 1.08. The van der Waals surface area contributed by atoms with Gasteiger partial charge in [0.05, 0.1) is 16.9 Å². The third-order valence-corrected chi connectivity index (χ3v) is 11.2. The Kier molecular flexibility index (Phi) is 7.49. The van der Waals surface area contributed by atoms with Gasteiger partial charge in [-0.25, -0.2) is 15.0 Å². The van der Waals surface area contributed by atoms with Crippen molar-refractivity contribution in [1.82, 2.24) is 15.0 Å². The fourth-order valence-corrected chi connectivity index (χ4v) is 8.40. The molecule has 0 saturated carbocycles. The van der Waals surface area contributed by atoms with Crippen molar-refractivity contribution in [2.45, 2.75) is 0 Å². The van der Waals surface area contributed by atoms with E-state index in [0.29, 0.717) is 0 Å². The Morgan fingerprint density at radius 1 is 0.304 bits per heavy atom. The summed E-state index contributed by atoms with van der Waals surface area (Å²) >= 11 is 0. The second-order valence-electron chi connectivity index (χ2n) is 14.5. The van der Waals surface area contributed by atoms with E-state index >= 15 is 0 Å². The van der Waals surface area contributed by atoms with E-state index in [0.717, 1.165) is 55.7 Å². The molecule has 0 saturated heterocycles. The van der Waals surface area contributed by atoms with E-state index in [1.165, 1.54) is 54.2 Å². The molecule has 0 amide bonds. The van der Waals surface area contributed by atoms with Crippen LogP contribution in [0.25, 0.3) is 110 Å². The molecule has 0 bridgehead atoms. The van der Waals surface area contributed by atoms with Gasteiger partial charge in [-0.2, -0.15) is 0 Å². The second kappa shape index (κ2) is 13.1. The molecule has 2 aromatic heterocycles. The third kappa shape index (κ3) is 5.49. The number of pyridine rings is 1. The third-order valence-electron chi connectivity index (χ3n) is 11.2. The van der Waals surface area contributed by atoms with Gasteiger partial charge >= 0.3 is 0 Å². The molecule has 0 unspecified atom stereocenters. The first kappa shape index (κ1) is 32.0. The number of benzene rings is 9. The van der Waals surface area contributed by atoms with Gasteiger partial charge in [0.15, 0.2) is 0 Å². The lowest BCUT2D eigenvalue weighted by Crippen LogP contribution is -1.94. The summed E-state index contributed by atoms with van der Waals surface area (Å²) in [7, 11) is 0. The predicted molar refractivity (Wildman–Crippen MR) is 235 cm³/mol. The van der Waals surface area contributed by atoms with Crippen LogP contribution in [0.15, 0.2) is 201 Å². The fourth-order valence-electron chi connectivity index (χ4n) is 8.40. The van der Waals surface area contributed by atoms with Crippen molar-refractivity contribution >= 4 is 54.0 Å². The Morgan fingerprint density at radius 3 is 1.36 bits per heavy atom. The molecule has 9 aromatic carbocycles. The van der Waals surface area contributed by atoms with Crippen LogP contribution in [-0.4, -0.2) is 15.0 Å². The molecule has 0 radical (unpaired) electrons. The monoisotopic (exact) mass is 711 g/mol. The highest BCUT2D eigenvalue weighted by Gasteiger charge is 2.16. The number of hydrogen-bond acceptors (Lipinski definition) is 3. The summed E-state index contributed by atoms with van der Waals surface area (Å²) < 4.78 is 0. The first-order chi connectivity index (χ1) is 27.7. The zero-order valence-electron chi connectivity index (χ0n) is 30.4. The molecule has 0 atom stereocenters. The molecule has 0 fully saturated rings. The maximum atomic E-state index is 5.48. The second-order valence-corrected chi connectivity index (χ2v) is 14.5. The molecule has 0 spiro atoms. The van der Waals surface area contributed by atoms with Crippen molar-refractivity contribution in [1.29, 1.82) is 0 Å². The van der Waals surface area contributed by atoms with Gasteiger partial charge in [-0.1, -0.05) is 158 Å². The SMILES string of the molecule is c1ccc2c(-c3ccc(-c4cc(-c5ccc(-c6ccc7cncnc7c6)cc5)cc(-c5c6ccccc6cc6ccccc56)n4)cc3)c3ccccc3cc2c1. The highest BCUT2D eigenvalue weighted by atomic mass is 14.8. The summed E-state index contributed by atoms with van der Waals surface area (Å²) in [5, 5.41) is 10.8. The van der Waals surface area contributed by atoms with Gasteiger partial charge < -0.3 is 0 Å². The van der Waals surface area contributed by atoms with Gasteiger partial charge in [-0.3, -0.25) is 0 Å². The molecule has 11 rings (SSSR count). The summed E-state index contributed by atoms with van der Waals surface area (Å²) in [6.45, 7) is 0. The standard InChI is InChI=1S/C53H33N3/c1-5-13-45-39(9-1)27-40-10-2-6-14-46(40)52(45)37-23-21-36(22-24-37)50-30-44(35-19-17-34(18-20-35)38-25-26-43-32-54-33-55-49(43)29-38)31-51(56-50)53-47-15-7-3-11-41(47)28-42-12-4-8-16-48(42)53/h1-33H. The van der Waals surface area contributed by atoms with Crippen LogP contribution in [0.2, 0.25) is 0 Å². The van der Waals surface area contributed by atoms with Crippen molar-refractivity contribution in [2.75, 3.05) is 0 Å². The predicted octanol–water partition coefficient (Wildman–Crippen LogP) is 14.0. The van der Waals surface area contributed by atoms with Crippen LogP contribution in [0.5, 0.6) is 0 Å². The Labute approximate surface area is 324 Å². The van der Waals surface area contributed by atoms with E-state index in [4.69, 9.17) is 4.98 Å². The summed E-state index contributed by atoms with van der Waals surface area (Å²) in [5.74, 6) is 0. The highest BCUT2D eigenvalue weighted by Crippen LogP contribution is 2.41. The number of rotatable bonds is 5. The molecule has 260 valence electrons. The van der Waals surface area contributed by atoms with Gasteiger partial charge in [0.1, 0.15) is 6.33 Å². The summed E-state index contributed by atoms with van der Waals surface area (Å²) in [6.07, 6.45) is 3.46. The van der Waals surface area contributed by atoms with Gasteiger partial charge in [-0.15, -0.1) is 0 Å². The van der Waals surface area contributed by atoms with E-state index in [-0.39, 0.29) is 0 Å². The molecule has 2 heterocycles. The van der Waals surface area contributed by atoms with Crippen molar-refractivity contribution < 1.29 is 0 Å². The van der Waals surface area contributed by atoms with Crippen LogP contribution in [0, 0.1) is 0 Å². The normalized spacial score (nSPS) is 11.6. The van der Waals surface area contributed by atoms with Crippen LogP contribution in [0.3, 0.4) is 0 Å². The van der Waals surface area contributed by atoms with E-state index in [2.05, 4.69) is 198 Å². The first-order valence-electron chi connectivity index (χ1n) is 19.0. The topological polar surface area (TPSA) is 38.7 Å². The maximum absolute atomic E-state index is 5.48. The van der Waals surface area contributed by atoms with Gasteiger partial charge in [0, 0.05) is 22.7 Å². The Hall–Kier alpha value is -7.49. The smallest absolute Gasteiger partial charge is 0.116 e. The lowest BCUT2D eigenvalue weighted by molar-refractivity contribution is 1.22. The lowest BCUT2D eigenvalue weighted by atomic mass is 9.91. The summed E-state index contributed by atoms with van der Waals surface area (Å²) in [4.78, 5) is 14.1. The van der Waals surface area contributed by atoms with Crippen molar-refractivity contribution in [3.8, 4) is 55.9 Å². The lowest BCUT2D eigenvalue weighted by Gasteiger charge is -2.16. The largest absolute Gasteiger partial charge is 0.248 e. The molecule has 0 aliphatic heterocycles. The molecule has 0 N–H and O–H groups in total. The van der Waals surface area contributed by atoms with E-state index < -0.39 is 0 Å². The van der Waals surface area contributed by atoms with Gasteiger partial charge in [-0.05, 0) is 107 Å². The van der Waals surface area contributed by atoms with E-state index in [9.17, 15) is 0 Å². The molecule has 0 aliphatic rings. The number of hydrogen-bond donors (Lipinski definition) is 0. The maximum Gasteiger partial charge on any atom is 0.116 e. The highest BCUT2D eigenvalue weighted by molar-refractivity contribution is 6.14. The van der Waals surface area contributed by atoms with Crippen LogP contribution in [0.4, 0.5) is 0 Å². The summed E-state index contributed by atoms with van der Waals surface area (Å²) in [6, 6.07) is 67.9. The number of aromatic nitrogens is 3. The van der Waals surface area contributed by atoms with Gasteiger partial charge in [0.25, 0.3) is 0 Å². The zero-order chi connectivity index (χ0) is 37.0. The average Bonchev–Trinajstić information content (AvgIpc) is 3.27. The number of fused-ring (bicyclic) bond motifs is 5. The van der Waals surface area contributed by atoms with Crippen LogP contribution in [0.1, 0.15) is 0 Å². The molecule has 3 nitrogen and oxygen atoms in total. The van der Waals surface area contributed by atoms with Crippen LogP contribution in [-0.2, 0) is 0 Å². The molecule has 3 heteroatoms. The van der Waals surface area contributed by atoms with Crippen molar-refractivity contribution in [2.24, 2.45) is 0 Å². The van der Waals surface area contributed by atoms with Crippen molar-refractivity contribution in [3.05, 3.63) is 201 Å². The molecule has 0 aliphatic carbocycles. The first-order valence-corrected chi connectivity index (χ1v) is 19.0. The molecule has 56 heavy (non-hydrogen) atoms. The minimum absolute atomic E-state index is 0.933. The Bertz CT molecular complexity index is 3180.